The predicted octanol–water partition coefficient (Wildman–Crippen LogP) is 2.40. The Morgan fingerprint density at radius 1 is 0.733 bits per heavy atom. The van der Waals surface area contributed by atoms with Crippen molar-refractivity contribution in [2.45, 2.75) is 25.0 Å². The van der Waals surface area contributed by atoms with E-state index < -0.39 is 0 Å². The number of hydrogen-bond donors (Lipinski definition) is 0. The van der Waals surface area contributed by atoms with Crippen molar-refractivity contribution in [2.75, 3.05) is 0 Å². The van der Waals surface area contributed by atoms with Gasteiger partial charge in [0.2, 0.25) is 0 Å². The highest BCUT2D eigenvalue weighted by Gasteiger charge is 2.62. The third-order valence-corrected chi connectivity index (χ3v) is 5.78. The molecular weight excluding hydrogens is 184 g/mol. The molecule has 0 spiro atoms. The maximum atomic E-state index is 6.02. The van der Waals surface area contributed by atoms with Crippen molar-refractivity contribution >= 4 is 0 Å². The van der Waals surface area contributed by atoms with Gasteiger partial charge in [-0.1, -0.05) is 24.3 Å². The van der Waals surface area contributed by atoms with E-state index in [0.717, 1.165) is 35.5 Å². The second-order valence-electron chi connectivity index (χ2n) is 6.12. The molecule has 78 valence electrons. The van der Waals surface area contributed by atoms with E-state index in [9.17, 15) is 0 Å². The van der Waals surface area contributed by atoms with Crippen molar-refractivity contribution < 1.29 is 4.74 Å². The summed E-state index contributed by atoms with van der Waals surface area (Å²) in [6, 6.07) is 0. The topological polar surface area (TPSA) is 9.23 Å². The maximum Gasteiger partial charge on any atom is 0.0799 e. The second kappa shape index (κ2) is 2.24. The van der Waals surface area contributed by atoms with Gasteiger partial charge >= 0.3 is 0 Å². The van der Waals surface area contributed by atoms with Gasteiger partial charge in [0.25, 0.3) is 0 Å². The summed E-state index contributed by atoms with van der Waals surface area (Å²) in [5.41, 5.74) is 0. The Hall–Kier alpha value is -0.560. The lowest BCUT2D eigenvalue weighted by Gasteiger charge is -2.27. The van der Waals surface area contributed by atoms with E-state index in [4.69, 9.17) is 4.74 Å². The maximum absolute atomic E-state index is 6.02. The van der Waals surface area contributed by atoms with Gasteiger partial charge in [0.05, 0.1) is 12.2 Å². The monoisotopic (exact) mass is 200 g/mol. The Kier molecular flexibility index (Phi) is 1.15. The number of rotatable bonds is 0. The molecule has 4 bridgehead atoms. The highest BCUT2D eigenvalue weighted by atomic mass is 16.5. The van der Waals surface area contributed by atoms with Gasteiger partial charge < -0.3 is 4.74 Å². The molecule has 8 atom stereocenters. The van der Waals surface area contributed by atoms with E-state index in [1.165, 1.54) is 12.8 Å². The van der Waals surface area contributed by atoms with Crippen LogP contribution in [0.3, 0.4) is 0 Å². The fourth-order valence-corrected chi connectivity index (χ4v) is 5.39. The van der Waals surface area contributed by atoms with Crippen LogP contribution >= 0.6 is 0 Å². The van der Waals surface area contributed by atoms with Gasteiger partial charge in [-0.2, -0.15) is 0 Å². The molecule has 2 heterocycles. The van der Waals surface area contributed by atoms with Crippen LogP contribution in [-0.2, 0) is 4.74 Å². The molecule has 0 N–H and O–H groups in total. The van der Waals surface area contributed by atoms with Crippen molar-refractivity contribution in [3.63, 3.8) is 0 Å². The van der Waals surface area contributed by atoms with E-state index in [1.807, 2.05) is 0 Å². The predicted molar refractivity (Wildman–Crippen MR) is 57.1 cm³/mol. The van der Waals surface area contributed by atoms with Gasteiger partial charge in [-0.05, 0) is 48.3 Å². The van der Waals surface area contributed by atoms with E-state index in [2.05, 4.69) is 24.3 Å². The van der Waals surface area contributed by atoms with E-state index >= 15 is 0 Å². The molecule has 15 heavy (non-hydrogen) atoms. The van der Waals surface area contributed by atoms with Gasteiger partial charge in [-0.25, -0.2) is 0 Å². The highest BCUT2D eigenvalue weighted by molar-refractivity contribution is 5.25. The standard InChI is InChI=1S/C14H16O/c1-2-8-5-7(1)9-6-10-11-3-4-12(15-11)14(10)13(8)9/h1-4,7-14H,5-6H2. The lowest BCUT2D eigenvalue weighted by atomic mass is 9.76. The molecule has 0 aromatic heterocycles. The summed E-state index contributed by atoms with van der Waals surface area (Å²) in [5.74, 6) is 5.59. The zero-order valence-corrected chi connectivity index (χ0v) is 8.75. The van der Waals surface area contributed by atoms with Gasteiger partial charge in [0.1, 0.15) is 0 Å². The third kappa shape index (κ3) is 0.720. The Bertz CT molecular complexity index is 347. The Morgan fingerprint density at radius 3 is 2.60 bits per heavy atom. The van der Waals surface area contributed by atoms with Crippen molar-refractivity contribution in [2.24, 2.45) is 35.5 Å². The number of fused-ring (bicyclic) bond motifs is 11. The fourth-order valence-electron chi connectivity index (χ4n) is 5.39. The highest BCUT2D eigenvalue weighted by Crippen LogP contribution is 2.64. The normalized spacial score (nSPS) is 66.7. The van der Waals surface area contributed by atoms with Crippen LogP contribution in [0.2, 0.25) is 0 Å². The van der Waals surface area contributed by atoms with Crippen LogP contribution in [0.15, 0.2) is 24.3 Å². The molecule has 8 unspecified atom stereocenters. The summed E-state index contributed by atoms with van der Waals surface area (Å²) in [7, 11) is 0. The van der Waals surface area contributed by atoms with Crippen LogP contribution < -0.4 is 0 Å². The second-order valence-corrected chi connectivity index (χ2v) is 6.12. The Morgan fingerprint density at radius 2 is 1.60 bits per heavy atom. The van der Waals surface area contributed by atoms with Crippen LogP contribution in [0.1, 0.15) is 12.8 Å². The van der Waals surface area contributed by atoms with Crippen LogP contribution in [0, 0.1) is 35.5 Å². The van der Waals surface area contributed by atoms with Crippen LogP contribution in [0.25, 0.3) is 0 Å². The summed E-state index contributed by atoms with van der Waals surface area (Å²) in [6.45, 7) is 0. The lowest BCUT2D eigenvalue weighted by Crippen LogP contribution is -2.27. The molecule has 0 aromatic rings. The molecule has 0 aromatic carbocycles. The van der Waals surface area contributed by atoms with E-state index in [0.29, 0.717) is 12.2 Å². The van der Waals surface area contributed by atoms with Crippen molar-refractivity contribution in [3.8, 4) is 0 Å². The van der Waals surface area contributed by atoms with Gasteiger partial charge in [-0.3, -0.25) is 0 Å². The fraction of sp³-hybridized carbons (Fsp3) is 0.714. The van der Waals surface area contributed by atoms with Gasteiger partial charge in [0.15, 0.2) is 0 Å². The molecule has 0 amide bonds. The molecule has 1 heteroatoms. The minimum atomic E-state index is 0.489. The molecule has 2 saturated carbocycles. The molecule has 0 radical (unpaired) electrons. The van der Waals surface area contributed by atoms with Crippen LogP contribution in [-0.4, -0.2) is 12.2 Å². The first-order valence-electron chi connectivity index (χ1n) is 6.44. The van der Waals surface area contributed by atoms with Gasteiger partial charge in [0, 0.05) is 0 Å². The number of allylic oxidation sites excluding steroid dienone is 2. The number of hydrogen-bond acceptors (Lipinski definition) is 1. The van der Waals surface area contributed by atoms with Crippen LogP contribution in [0.4, 0.5) is 0 Å². The van der Waals surface area contributed by atoms with Crippen molar-refractivity contribution in [3.05, 3.63) is 24.3 Å². The molecule has 1 saturated heterocycles. The Labute approximate surface area is 90.2 Å². The first kappa shape index (κ1) is 7.67. The minimum absolute atomic E-state index is 0.489. The molecule has 3 aliphatic carbocycles. The Balaban J connectivity index is 1.61. The van der Waals surface area contributed by atoms with Crippen molar-refractivity contribution in [1.29, 1.82) is 0 Å². The lowest BCUT2D eigenvalue weighted by molar-refractivity contribution is 0.0779. The summed E-state index contributed by atoms with van der Waals surface area (Å²) in [6.07, 6.45) is 13.6. The zero-order chi connectivity index (χ0) is 9.57. The largest absolute Gasteiger partial charge is 0.366 e. The molecule has 1 nitrogen and oxygen atoms in total. The SMILES string of the molecule is C1=CC2CC1C1CC3C4C=CC(O4)C3C21. The number of ether oxygens (including phenoxy) is 1. The molecule has 5 rings (SSSR count). The first-order valence-corrected chi connectivity index (χ1v) is 6.44. The quantitative estimate of drug-likeness (QED) is 0.546. The molecule has 5 aliphatic rings. The summed E-state index contributed by atoms with van der Waals surface area (Å²) < 4.78 is 6.02. The summed E-state index contributed by atoms with van der Waals surface area (Å²) in [5, 5.41) is 0. The zero-order valence-electron chi connectivity index (χ0n) is 8.75. The first-order chi connectivity index (χ1) is 7.42. The van der Waals surface area contributed by atoms with E-state index in [1.54, 1.807) is 0 Å². The molecule has 2 aliphatic heterocycles. The minimum Gasteiger partial charge on any atom is -0.366 e. The molecular formula is C14H16O. The van der Waals surface area contributed by atoms with Crippen LogP contribution in [0.5, 0.6) is 0 Å². The molecule has 3 fully saturated rings. The summed E-state index contributed by atoms with van der Waals surface area (Å²) in [4.78, 5) is 0. The summed E-state index contributed by atoms with van der Waals surface area (Å²) >= 11 is 0. The average Bonchev–Trinajstić information content (AvgIpc) is 3.02. The van der Waals surface area contributed by atoms with E-state index in [-0.39, 0.29) is 0 Å². The van der Waals surface area contributed by atoms with Gasteiger partial charge in [-0.15, -0.1) is 0 Å². The smallest absolute Gasteiger partial charge is 0.0799 e. The third-order valence-electron chi connectivity index (χ3n) is 5.78. The average molecular weight is 200 g/mol. The van der Waals surface area contributed by atoms with Crippen molar-refractivity contribution in [1.82, 2.24) is 0 Å².